The van der Waals surface area contributed by atoms with Crippen molar-refractivity contribution in [2.75, 3.05) is 0 Å². The van der Waals surface area contributed by atoms with E-state index in [1.807, 2.05) is 27.7 Å². The molecule has 1 radical (unpaired) electrons. The molecule has 0 bridgehead atoms. The average Bonchev–Trinajstić information content (AvgIpc) is 3.39. The largest absolute Gasteiger partial charge is 0.512 e. The summed E-state index contributed by atoms with van der Waals surface area (Å²) >= 11 is 1.79. The summed E-state index contributed by atoms with van der Waals surface area (Å²) in [7, 11) is -1.40. The van der Waals surface area contributed by atoms with Gasteiger partial charge in [0.05, 0.1) is 19.3 Å². The number of allylic oxidation sites excluding steroid dienone is 2. The number of nitrogens with zero attached hydrogens (tertiary/aromatic N) is 2. The van der Waals surface area contributed by atoms with Crippen molar-refractivity contribution < 1.29 is 30.0 Å². The Kier molecular flexibility index (Phi) is 13.5. The van der Waals surface area contributed by atoms with Gasteiger partial charge in [-0.05, 0) is 42.7 Å². The SMILES string of the molecule is CCC(CC)C(=O)/C=C(\O)C(CC)CC.Cc1cc(-c2ncnc3c2sc2cc(C(C)(C)C)ccc23)[c-]c2cc([Si](C)(C)C)ccc12.[Ir]. The van der Waals surface area contributed by atoms with E-state index in [4.69, 9.17) is 4.98 Å². The molecule has 2 heterocycles. The van der Waals surface area contributed by atoms with Crippen LogP contribution in [-0.2, 0) is 30.3 Å². The second kappa shape index (κ2) is 16.3. The van der Waals surface area contributed by atoms with Crippen LogP contribution in [0.4, 0.5) is 0 Å². The molecule has 2 aromatic heterocycles. The van der Waals surface area contributed by atoms with Gasteiger partial charge in [-0.25, -0.2) is 4.98 Å². The van der Waals surface area contributed by atoms with Crippen molar-refractivity contribution in [2.45, 2.75) is 106 Å². The first-order valence-corrected chi connectivity index (χ1v) is 21.5. The molecule has 0 saturated carbocycles. The Morgan fingerprint density at radius 3 is 2.12 bits per heavy atom. The van der Waals surface area contributed by atoms with Gasteiger partial charge in [0.2, 0.25) is 0 Å². The molecule has 0 aliphatic carbocycles. The van der Waals surface area contributed by atoms with Crippen LogP contribution in [0.3, 0.4) is 0 Å². The summed E-state index contributed by atoms with van der Waals surface area (Å²) in [5.41, 5.74) is 5.81. The van der Waals surface area contributed by atoms with Gasteiger partial charge in [0.1, 0.15) is 6.33 Å². The van der Waals surface area contributed by atoms with Crippen LogP contribution in [0, 0.1) is 24.8 Å². The van der Waals surface area contributed by atoms with Crippen LogP contribution in [-0.4, -0.2) is 28.9 Å². The number of carbonyl (C=O) groups excluding carboxylic acids is 1. The molecule has 5 rings (SSSR count). The second-order valence-electron chi connectivity index (χ2n) is 14.8. The summed E-state index contributed by atoms with van der Waals surface area (Å²) in [5.74, 6) is 0.547. The van der Waals surface area contributed by atoms with E-state index in [1.165, 1.54) is 43.2 Å². The summed E-state index contributed by atoms with van der Waals surface area (Å²) in [6, 6.07) is 19.6. The Morgan fingerprint density at radius 1 is 0.917 bits per heavy atom. The summed E-state index contributed by atoms with van der Waals surface area (Å²) in [4.78, 5) is 21.1. The maximum atomic E-state index is 11.7. The first-order chi connectivity index (χ1) is 22.1. The predicted molar refractivity (Wildman–Crippen MR) is 207 cm³/mol. The molecular weight excluding hydrogens is 805 g/mol. The molecule has 0 spiro atoms. The summed E-state index contributed by atoms with van der Waals surface area (Å²) in [5, 5.41) is 14.9. The van der Waals surface area contributed by atoms with E-state index < -0.39 is 8.07 Å². The molecule has 0 atom stereocenters. The van der Waals surface area contributed by atoms with E-state index >= 15 is 0 Å². The van der Waals surface area contributed by atoms with Gasteiger partial charge in [-0.15, -0.1) is 40.5 Å². The molecule has 1 N–H and O–H groups in total. The molecular formula is C41H53IrN2O2SSi-. The third-order valence-corrected chi connectivity index (χ3v) is 12.6. The molecule has 4 nitrogen and oxygen atoms in total. The van der Waals surface area contributed by atoms with E-state index in [1.54, 1.807) is 17.7 Å². The fraction of sp³-hybridized carbons (Fsp3) is 0.439. The minimum Gasteiger partial charge on any atom is -0.512 e. The molecule has 0 aliphatic rings. The number of ketones is 1. The molecule has 259 valence electrons. The van der Waals surface area contributed by atoms with Gasteiger partial charge < -0.3 is 5.11 Å². The van der Waals surface area contributed by atoms with E-state index in [-0.39, 0.29) is 48.9 Å². The number of carbonyl (C=O) groups is 1. The van der Waals surface area contributed by atoms with Gasteiger partial charge in [-0.3, -0.25) is 9.78 Å². The monoisotopic (exact) mass is 858 g/mol. The zero-order valence-electron chi connectivity index (χ0n) is 30.7. The summed E-state index contributed by atoms with van der Waals surface area (Å²) < 4.78 is 2.41. The van der Waals surface area contributed by atoms with Crippen molar-refractivity contribution in [2.24, 2.45) is 11.8 Å². The molecule has 0 saturated heterocycles. The first kappa shape index (κ1) is 39.7. The number of rotatable bonds is 9. The van der Waals surface area contributed by atoms with Crippen LogP contribution < -0.4 is 5.19 Å². The molecule has 3 aromatic carbocycles. The van der Waals surface area contributed by atoms with E-state index in [0.29, 0.717) is 0 Å². The summed E-state index contributed by atoms with van der Waals surface area (Å²) in [6.07, 6.45) is 6.61. The molecule has 5 aromatic rings. The van der Waals surface area contributed by atoms with Crippen LogP contribution in [0.5, 0.6) is 0 Å². The quantitative estimate of drug-likeness (QED) is 0.0694. The maximum Gasteiger partial charge on any atom is 0.162 e. The van der Waals surface area contributed by atoms with Crippen molar-refractivity contribution in [1.82, 2.24) is 9.97 Å². The Balaban J connectivity index is 0.000000334. The van der Waals surface area contributed by atoms with Crippen LogP contribution >= 0.6 is 11.3 Å². The van der Waals surface area contributed by atoms with Gasteiger partial charge >= 0.3 is 0 Å². The standard InChI is InChI=1S/C28H29N2SSi.C13H24O2.Ir/c1-17-12-19(13-18-14-21(32(5,6)7)9-11-22(17)18)25-27-26(30-16-29-25)23-10-8-20(28(2,3)4)15-24(23)31-27;1-5-10(6-2)12(14)9-13(15)11(7-3)8-4;/h8-12,14-16H,1-7H3;9-11,14H,5-8H2,1-4H3;/q-1;;/b;12-9-;. The molecule has 48 heavy (non-hydrogen) atoms. The van der Waals surface area contributed by atoms with Gasteiger partial charge in [-0.1, -0.05) is 115 Å². The van der Waals surface area contributed by atoms with Gasteiger partial charge in [0.15, 0.2) is 5.78 Å². The third kappa shape index (κ3) is 8.90. The number of aliphatic hydroxyl groups is 1. The van der Waals surface area contributed by atoms with Gasteiger partial charge in [0.25, 0.3) is 0 Å². The van der Waals surface area contributed by atoms with Crippen LogP contribution in [0.1, 0.15) is 85.3 Å². The number of aliphatic hydroxyl groups excluding tert-OH is 1. The average molecular weight is 858 g/mol. The van der Waals surface area contributed by atoms with Crippen LogP contribution in [0.15, 0.2) is 60.6 Å². The zero-order chi connectivity index (χ0) is 34.7. The predicted octanol–water partition coefficient (Wildman–Crippen LogP) is 11.5. The number of aryl methyl sites for hydroxylation is 1. The zero-order valence-corrected chi connectivity index (χ0v) is 34.9. The molecule has 0 fully saturated rings. The number of benzene rings is 3. The van der Waals surface area contributed by atoms with E-state index in [9.17, 15) is 9.90 Å². The Labute approximate surface area is 306 Å². The molecule has 0 amide bonds. The number of aromatic nitrogens is 2. The van der Waals surface area contributed by atoms with Crippen molar-refractivity contribution in [3.8, 4) is 11.3 Å². The smallest absolute Gasteiger partial charge is 0.162 e. The van der Waals surface area contributed by atoms with Crippen molar-refractivity contribution in [3.63, 3.8) is 0 Å². The third-order valence-electron chi connectivity index (χ3n) is 9.40. The van der Waals surface area contributed by atoms with Crippen molar-refractivity contribution >= 4 is 61.5 Å². The first-order valence-electron chi connectivity index (χ1n) is 17.2. The summed E-state index contributed by atoms with van der Waals surface area (Å²) in [6.45, 7) is 24.2. The van der Waals surface area contributed by atoms with Crippen LogP contribution in [0.25, 0.3) is 42.3 Å². The molecule has 0 unspecified atom stereocenters. The minimum absolute atomic E-state index is 0. The molecule has 0 aliphatic heterocycles. The Hall–Kier alpha value is -2.70. The van der Waals surface area contributed by atoms with E-state index in [0.717, 1.165) is 47.2 Å². The number of hydrogen-bond acceptors (Lipinski definition) is 5. The number of thiophene rings is 1. The minimum atomic E-state index is -1.40. The second-order valence-corrected chi connectivity index (χ2v) is 21.0. The number of hydrogen-bond donors (Lipinski definition) is 1. The molecule has 7 heteroatoms. The van der Waals surface area contributed by atoms with Crippen molar-refractivity contribution in [1.29, 1.82) is 0 Å². The Morgan fingerprint density at radius 2 is 1.54 bits per heavy atom. The fourth-order valence-corrected chi connectivity index (χ4v) is 8.43. The van der Waals surface area contributed by atoms with Crippen LogP contribution in [0.2, 0.25) is 19.6 Å². The topological polar surface area (TPSA) is 63.1 Å². The Bertz CT molecular complexity index is 1910. The van der Waals surface area contributed by atoms with Gasteiger partial charge in [-0.2, -0.15) is 0 Å². The van der Waals surface area contributed by atoms with Gasteiger partial charge in [0, 0.05) is 58.5 Å². The van der Waals surface area contributed by atoms with E-state index in [2.05, 4.69) is 101 Å². The van der Waals surface area contributed by atoms with Crippen molar-refractivity contribution in [3.05, 3.63) is 77.8 Å². The maximum absolute atomic E-state index is 11.7. The fourth-order valence-electron chi connectivity index (χ4n) is 6.07. The normalized spacial score (nSPS) is 12.5. The number of fused-ring (bicyclic) bond motifs is 4.